The van der Waals surface area contributed by atoms with E-state index in [1.54, 1.807) is 48.0 Å². The fourth-order valence-corrected chi connectivity index (χ4v) is 8.80. The Morgan fingerprint density at radius 3 is 1.79 bits per heavy atom. The highest BCUT2D eigenvalue weighted by Crippen LogP contribution is 2.28. The zero-order valence-electron chi connectivity index (χ0n) is 48.5. The Kier molecular flexibility index (Phi) is 24.2. The Morgan fingerprint density at radius 1 is 0.609 bits per heavy atom. The molecule has 31 nitrogen and oxygen atoms in total. The number of aryl methyl sites for hydroxylation is 1. The molecule has 0 aromatic carbocycles. The van der Waals surface area contributed by atoms with Crippen LogP contribution in [-0.2, 0) is 14.4 Å². The SMILES string of the molecule is C.C.C.C.C=C1N=C(N)c2ncn(C(C)C)c2N1.C=C1NC(=O)C2=C(N1)N(C(C)C)C(=O)C2.CC(C)N1C=NC2C(=O)NC=NC21.CC(C)n1cnc2c(=O)[nH]c(=O)[nH]c21.CC(C)n1cnc2c(N)ncnc21.Cc1nc2c(ncn2C(C)C)c(=O)[nH]1. The maximum Gasteiger partial charge on any atom is 0.327 e. The number of fused-ring (bicyclic) bond motifs is 5. The van der Waals surface area contributed by atoms with Crippen LogP contribution in [0, 0.1) is 6.92 Å². The molecule has 0 fully saturated rings. The van der Waals surface area contributed by atoms with Crippen LogP contribution in [0.1, 0.15) is 155 Å². The Bertz CT molecular complexity index is 3910. The molecule has 0 radical (unpaired) electrons. The van der Waals surface area contributed by atoms with E-state index in [0.717, 1.165) is 11.5 Å². The first kappa shape index (κ1) is 71.2. The van der Waals surface area contributed by atoms with Gasteiger partial charge in [-0.2, -0.15) is 0 Å². The third-order valence-corrected chi connectivity index (χ3v) is 12.9. The first-order valence-electron chi connectivity index (χ1n) is 26.6. The molecule has 3 amide bonds. The number of aliphatic imine (C=N–C) groups is 3. The van der Waals surface area contributed by atoms with Crippen LogP contribution in [0.15, 0.2) is 97.2 Å². The van der Waals surface area contributed by atoms with Crippen LogP contribution >= 0.6 is 0 Å². The number of amides is 3. The van der Waals surface area contributed by atoms with Gasteiger partial charge in [0.15, 0.2) is 46.2 Å². The Morgan fingerprint density at radius 2 is 1.18 bits per heavy atom. The zero-order chi connectivity index (χ0) is 60.9. The zero-order valence-corrected chi connectivity index (χ0v) is 48.5. The standard InChI is InChI=1S/C10H13N3O2.C9H13N5.C9H12N4O.C8H11N5.C8H10N4O2.C8H12N4O.4CH4/c1-5(2)13-8(14)4-7-9(13)11-6(3)12-10(7)15;1-5(2)14-4-11-7-8(10)12-6(3)13-9(7)14;1-5(2)13-4-10-7-8(13)11-6(3)12-9(7)14;1-5(2)13-4-12-6-7(9)10-3-11-8(6)13;1-4(2)12-3-9-5-6(12)10-8(14)11-7(5)13;1-5(2)12-4-11-6-7(12)9-3-10-8(6)13;;;;/h5,11H,3-4H2,1-2H3,(H,12,15);4-5,13H,3H2,1-2H3,(H2,10,12);4-5H,1-3H3,(H,11,12,14);3-5H,1-2H3,(H2,9,10,11);3-4H,1-2H3,(H2,10,11,13,14);3-7H,1-2H3,(H,9,10,13);4*1H4. The molecule has 12 heterocycles. The lowest BCUT2D eigenvalue weighted by atomic mass is 10.2. The summed E-state index contributed by atoms with van der Waals surface area (Å²) in [5, 5.41) is 11.1. The number of nitrogen functional groups attached to an aromatic ring is 1. The molecule has 0 spiro atoms. The number of imidazole rings is 4. The van der Waals surface area contributed by atoms with Crippen molar-refractivity contribution < 1.29 is 14.4 Å². The summed E-state index contributed by atoms with van der Waals surface area (Å²) in [5.41, 5.74) is 14.7. The molecule has 2 atom stereocenters. The molecule has 0 bridgehead atoms. The maximum absolute atomic E-state index is 11.7. The van der Waals surface area contributed by atoms with Gasteiger partial charge in [0.1, 0.15) is 52.3 Å². The van der Waals surface area contributed by atoms with E-state index in [1.165, 1.54) is 12.7 Å². The fourth-order valence-electron chi connectivity index (χ4n) is 8.80. The maximum atomic E-state index is 11.7. The van der Waals surface area contributed by atoms with Crippen molar-refractivity contribution in [2.24, 2.45) is 20.7 Å². The molecular formula is C56H87N25O6. The monoisotopic (exact) mass is 1210 g/mol. The molecule has 0 aliphatic carbocycles. The number of carbonyl (C=O) groups is 3. The van der Waals surface area contributed by atoms with Crippen LogP contribution in [0.3, 0.4) is 0 Å². The number of nitrogens with one attached hydrogen (secondary N) is 7. The average molecular weight is 1210 g/mol. The molecular weight excluding hydrogens is 1120 g/mol. The minimum atomic E-state index is -0.509. The van der Waals surface area contributed by atoms with Gasteiger partial charge in [-0.05, 0) is 90.0 Å². The smallest absolute Gasteiger partial charge is 0.327 e. The third-order valence-electron chi connectivity index (χ3n) is 12.9. The number of aromatic amines is 3. The number of aromatic nitrogens is 14. The molecule has 472 valence electrons. The van der Waals surface area contributed by atoms with Crippen LogP contribution in [0.25, 0.3) is 33.5 Å². The number of hydrogen-bond donors (Lipinski definition) is 9. The van der Waals surface area contributed by atoms with Gasteiger partial charge in [-0.3, -0.25) is 43.8 Å². The minimum absolute atomic E-state index is 0. The van der Waals surface area contributed by atoms with Crippen molar-refractivity contribution in [3.05, 3.63) is 111 Å². The molecule has 12 rings (SSSR count). The van der Waals surface area contributed by atoms with Gasteiger partial charge in [0, 0.05) is 36.3 Å². The summed E-state index contributed by atoms with van der Waals surface area (Å²) in [4.78, 5) is 120. The highest BCUT2D eigenvalue weighted by atomic mass is 16.2. The lowest BCUT2D eigenvalue weighted by Gasteiger charge is -2.29. The number of amidine groups is 1. The van der Waals surface area contributed by atoms with Gasteiger partial charge in [-0.15, -0.1) is 0 Å². The van der Waals surface area contributed by atoms with Gasteiger partial charge in [0.05, 0.1) is 50.0 Å². The average Bonchev–Trinajstić information content (AvgIpc) is 2.12. The van der Waals surface area contributed by atoms with E-state index in [-0.39, 0.29) is 95.3 Å². The van der Waals surface area contributed by atoms with Crippen molar-refractivity contribution in [2.75, 3.05) is 11.1 Å². The largest absolute Gasteiger partial charge is 0.382 e. The predicted molar refractivity (Wildman–Crippen MR) is 341 cm³/mol. The van der Waals surface area contributed by atoms with E-state index >= 15 is 0 Å². The topological polar surface area (TPSA) is 403 Å². The molecule has 11 N–H and O–H groups in total. The molecule has 2 unspecified atom stereocenters. The van der Waals surface area contributed by atoms with Crippen LogP contribution in [0.4, 0.5) is 11.6 Å². The number of H-pyrrole nitrogens is 3. The molecule has 0 saturated heterocycles. The van der Waals surface area contributed by atoms with Crippen LogP contribution in [0.2, 0.25) is 0 Å². The highest BCUT2D eigenvalue weighted by molar-refractivity contribution is 6.05. The quantitative estimate of drug-likeness (QED) is 0.103. The van der Waals surface area contributed by atoms with E-state index in [2.05, 4.69) is 141 Å². The lowest BCUT2D eigenvalue weighted by molar-refractivity contribution is -0.129. The summed E-state index contributed by atoms with van der Waals surface area (Å²) < 4.78 is 7.60. The number of rotatable bonds is 6. The number of nitrogens with two attached hydrogens (primary N) is 2. The third kappa shape index (κ3) is 15.6. The van der Waals surface area contributed by atoms with Crippen LogP contribution in [0.5, 0.6) is 0 Å². The minimum Gasteiger partial charge on any atom is -0.382 e. The summed E-state index contributed by atoms with van der Waals surface area (Å²) in [6, 6.07) is 1.08. The molecule has 31 heteroatoms. The van der Waals surface area contributed by atoms with E-state index < -0.39 is 11.2 Å². The summed E-state index contributed by atoms with van der Waals surface area (Å²) in [5.74, 6) is 3.55. The number of nitrogens with zero attached hydrogens (tertiary/aromatic N) is 16. The molecule has 87 heavy (non-hydrogen) atoms. The van der Waals surface area contributed by atoms with E-state index in [9.17, 15) is 28.8 Å². The first-order valence-corrected chi connectivity index (χ1v) is 26.6. The van der Waals surface area contributed by atoms with Crippen molar-refractivity contribution in [3.8, 4) is 0 Å². The van der Waals surface area contributed by atoms with Gasteiger partial charge in [-0.25, -0.2) is 49.7 Å². The number of hydrogen-bond acceptors (Lipinski definition) is 21. The van der Waals surface area contributed by atoms with Crippen LogP contribution in [-0.4, -0.2) is 138 Å². The predicted octanol–water partition coefficient (Wildman–Crippen LogP) is 5.22. The van der Waals surface area contributed by atoms with Crippen molar-refractivity contribution in [1.29, 1.82) is 0 Å². The van der Waals surface area contributed by atoms with Gasteiger partial charge in [0.25, 0.3) is 22.9 Å². The lowest BCUT2D eigenvalue weighted by Crippen LogP contribution is -2.49. The first-order chi connectivity index (χ1) is 39.2. The molecule has 0 saturated carbocycles. The van der Waals surface area contributed by atoms with Crippen molar-refractivity contribution in [2.45, 2.75) is 175 Å². The molecule has 7 aromatic rings. The number of carbonyl (C=O) groups excluding carboxylic acids is 3. The Balaban J connectivity index is 0.000000271. The van der Waals surface area contributed by atoms with E-state index in [4.69, 9.17) is 11.5 Å². The summed E-state index contributed by atoms with van der Waals surface area (Å²) in [6.07, 6.45) is 11.3. The fraction of sp³-hybridized carbons (Fsp3) is 0.464. The molecule has 7 aromatic heterocycles. The van der Waals surface area contributed by atoms with Crippen molar-refractivity contribution in [1.82, 2.24) is 93.9 Å². The van der Waals surface area contributed by atoms with Crippen molar-refractivity contribution in [3.63, 3.8) is 0 Å². The second-order valence-corrected chi connectivity index (χ2v) is 21.0. The normalized spacial score (nSPS) is 16.0. The summed E-state index contributed by atoms with van der Waals surface area (Å²) in [6.45, 7) is 33.3. The van der Waals surface area contributed by atoms with Gasteiger partial charge < -0.3 is 60.9 Å². The van der Waals surface area contributed by atoms with Gasteiger partial charge in [0.2, 0.25) is 5.91 Å². The van der Waals surface area contributed by atoms with Gasteiger partial charge >= 0.3 is 5.69 Å². The molecule has 5 aliphatic heterocycles. The Hall–Kier alpha value is -10.1. The van der Waals surface area contributed by atoms with Crippen molar-refractivity contribution >= 4 is 81.4 Å². The summed E-state index contributed by atoms with van der Waals surface area (Å²) in [7, 11) is 0. The van der Waals surface area contributed by atoms with Gasteiger partial charge in [-0.1, -0.05) is 42.9 Å². The Labute approximate surface area is 504 Å². The second kappa shape index (κ2) is 29.6. The molecule has 5 aliphatic rings. The second-order valence-electron chi connectivity index (χ2n) is 21.0. The number of anilines is 2. The van der Waals surface area contributed by atoms with E-state index in [0.29, 0.717) is 86.7 Å². The highest BCUT2D eigenvalue weighted by Gasteiger charge is 2.39. The van der Waals surface area contributed by atoms with Crippen LogP contribution < -0.4 is 49.5 Å². The summed E-state index contributed by atoms with van der Waals surface area (Å²) >= 11 is 0. The van der Waals surface area contributed by atoms with E-state index in [1.807, 2.05) is 60.1 Å².